The predicted molar refractivity (Wildman–Crippen MR) is 67.9 cm³/mol. The molecule has 2 rings (SSSR count). The van der Waals surface area contributed by atoms with E-state index in [9.17, 15) is 17.2 Å². The number of nitrogens with one attached hydrogen (secondary N) is 1. The summed E-state index contributed by atoms with van der Waals surface area (Å²) in [5.41, 5.74) is 5.22. The quantitative estimate of drug-likeness (QED) is 0.833. The number of hydrogen-bond acceptors (Lipinski definition) is 3. The van der Waals surface area contributed by atoms with Crippen molar-refractivity contribution in [2.45, 2.75) is 37.1 Å². The average Bonchev–Trinajstić information content (AvgIpc) is 2.19. The molecule has 0 spiro atoms. The Bertz CT molecular complexity index is 586. The molecule has 1 aliphatic carbocycles. The summed E-state index contributed by atoms with van der Waals surface area (Å²) in [6.45, 7) is 1.72. The zero-order valence-corrected chi connectivity index (χ0v) is 11.3. The van der Waals surface area contributed by atoms with E-state index in [2.05, 4.69) is 4.72 Å². The molecule has 7 heteroatoms. The van der Waals surface area contributed by atoms with Crippen LogP contribution in [0.5, 0.6) is 0 Å². The van der Waals surface area contributed by atoms with Gasteiger partial charge < -0.3 is 5.73 Å². The maximum absolute atomic E-state index is 13.6. The maximum atomic E-state index is 13.6. The number of nitrogen functional groups attached to an aromatic ring is 1. The summed E-state index contributed by atoms with van der Waals surface area (Å²) < 4.78 is 53.2. The highest BCUT2D eigenvalue weighted by Gasteiger charge is 2.30. The number of hydrogen-bond donors (Lipinski definition) is 2. The van der Waals surface area contributed by atoms with Crippen LogP contribution in [0, 0.1) is 17.6 Å². The van der Waals surface area contributed by atoms with Crippen LogP contribution < -0.4 is 10.5 Å². The second-order valence-corrected chi connectivity index (χ2v) is 6.60. The van der Waals surface area contributed by atoms with E-state index in [0.717, 1.165) is 31.4 Å². The van der Waals surface area contributed by atoms with Crippen molar-refractivity contribution in [1.82, 2.24) is 4.72 Å². The van der Waals surface area contributed by atoms with E-state index < -0.39 is 26.6 Å². The Morgan fingerprint density at radius 2 is 2.00 bits per heavy atom. The monoisotopic (exact) mass is 290 g/mol. The Hall–Kier alpha value is -1.21. The van der Waals surface area contributed by atoms with E-state index in [0.29, 0.717) is 0 Å². The van der Waals surface area contributed by atoms with Gasteiger partial charge in [0.15, 0.2) is 11.6 Å². The fourth-order valence-electron chi connectivity index (χ4n) is 2.12. The summed E-state index contributed by atoms with van der Waals surface area (Å²) in [6.07, 6.45) is 2.95. The van der Waals surface area contributed by atoms with E-state index in [1.54, 1.807) is 6.92 Å². The van der Waals surface area contributed by atoms with Gasteiger partial charge in [-0.1, -0.05) is 6.42 Å². The first-order chi connectivity index (χ1) is 8.81. The molecule has 0 heterocycles. The molecule has 3 N–H and O–H groups in total. The summed E-state index contributed by atoms with van der Waals surface area (Å²) in [6, 6.07) is 1.38. The summed E-state index contributed by atoms with van der Waals surface area (Å²) >= 11 is 0. The van der Waals surface area contributed by atoms with Crippen molar-refractivity contribution < 1.29 is 17.2 Å². The fraction of sp³-hybridized carbons (Fsp3) is 0.500. The lowest BCUT2D eigenvalue weighted by molar-refractivity contribution is 0.260. The Labute approximate surface area is 111 Å². The van der Waals surface area contributed by atoms with Crippen LogP contribution in [0.4, 0.5) is 14.5 Å². The lowest BCUT2D eigenvalue weighted by Gasteiger charge is -2.31. The highest BCUT2D eigenvalue weighted by molar-refractivity contribution is 7.89. The minimum Gasteiger partial charge on any atom is -0.399 e. The number of halogens is 2. The van der Waals surface area contributed by atoms with Crippen molar-refractivity contribution in [3.05, 3.63) is 23.8 Å². The third kappa shape index (κ3) is 2.87. The lowest BCUT2D eigenvalue weighted by atomic mass is 9.81. The SMILES string of the molecule is CC(NS(=O)(=O)c1cc(N)cc(F)c1F)C1CCC1. The number of anilines is 1. The van der Waals surface area contributed by atoms with E-state index in [4.69, 9.17) is 5.73 Å². The second-order valence-electron chi connectivity index (χ2n) is 4.92. The minimum absolute atomic E-state index is 0.129. The van der Waals surface area contributed by atoms with Crippen LogP contribution in [-0.4, -0.2) is 14.5 Å². The van der Waals surface area contributed by atoms with Crippen molar-refractivity contribution in [2.75, 3.05) is 5.73 Å². The van der Waals surface area contributed by atoms with Gasteiger partial charge in [0.25, 0.3) is 0 Å². The highest BCUT2D eigenvalue weighted by Crippen LogP contribution is 2.30. The summed E-state index contributed by atoms with van der Waals surface area (Å²) in [4.78, 5) is -0.740. The molecular formula is C12H16F2N2O2S. The molecule has 1 atom stereocenters. The van der Waals surface area contributed by atoms with Gasteiger partial charge in [-0.15, -0.1) is 0 Å². The van der Waals surface area contributed by atoms with Gasteiger partial charge in [-0.25, -0.2) is 21.9 Å². The number of sulfonamides is 1. The van der Waals surface area contributed by atoms with Gasteiger partial charge in [0.2, 0.25) is 10.0 Å². The van der Waals surface area contributed by atoms with Crippen LogP contribution >= 0.6 is 0 Å². The molecule has 106 valence electrons. The average molecular weight is 290 g/mol. The first kappa shape index (κ1) is 14.2. The first-order valence-electron chi connectivity index (χ1n) is 6.08. The van der Waals surface area contributed by atoms with E-state index >= 15 is 0 Å². The predicted octanol–water partition coefficient (Wildman–Crippen LogP) is 2.01. The minimum atomic E-state index is -4.10. The van der Waals surface area contributed by atoms with Crippen molar-refractivity contribution in [2.24, 2.45) is 5.92 Å². The third-order valence-electron chi connectivity index (χ3n) is 3.50. The molecule has 0 aromatic heterocycles. The molecule has 0 radical (unpaired) electrons. The Balaban J connectivity index is 2.28. The molecular weight excluding hydrogens is 274 g/mol. The van der Waals surface area contributed by atoms with Crippen molar-refractivity contribution >= 4 is 15.7 Å². The van der Waals surface area contributed by atoms with Gasteiger partial charge in [0.1, 0.15) is 4.90 Å². The standard InChI is InChI=1S/C12H16F2N2O2S/c1-7(8-3-2-4-8)16-19(17,18)11-6-9(15)5-10(13)12(11)14/h5-8,16H,2-4,15H2,1H3. The van der Waals surface area contributed by atoms with Gasteiger partial charge in [-0.2, -0.15) is 0 Å². The zero-order chi connectivity index (χ0) is 14.2. The van der Waals surface area contributed by atoms with Gasteiger partial charge >= 0.3 is 0 Å². The van der Waals surface area contributed by atoms with Gasteiger partial charge in [0, 0.05) is 11.7 Å². The summed E-state index contributed by atoms with van der Waals surface area (Å²) in [5, 5.41) is 0. The van der Waals surface area contributed by atoms with Crippen molar-refractivity contribution in [3.8, 4) is 0 Å². The fourth-order valence-corrected chi connectivity index (χ4v) is 3.56. The molecule has 1 aliphatic rings. The van der Waals surface area contributed by atoms with Gasteiger partial charge in [-0.05, 0) is 37.8 Å². The topological polar surface area (TPSA) is 72.2 Å². The number of nitrogens with two attached hydrogens (primary N) is 1. The van der Waals surface area contributed by atoms with Crippen LogP contribution in [0.2, 0.25) is 0 Å². The lowest BCUT2D eigenvalue weighted by Crippen LogP contribution is -2.40. The Morgan fingerprint density at radius 3 is 2.53 bits per heavy atom. The molecule has 1 saturated carbocycles. The summed E-state index contributed by atoms with van der Waals surface area (Å²) in [5.74, 6) is -2.41. The molecule has 19 heavy (non-hydrogen) atoms. The van der Waals surface area contributed by atoms with E-state index in [1.165, 1.54) is 0 Å². The molecule has 0 saturated heterocycles. The maximum Gasteiger partial charge on any atom is 0.243 e. The molecule has 0 aliphatic heterocycles. The highest BCUT2D eigenvalue weighted by atomic mass is 32.2. The van der Waals surface area contributed by atoms with Crippen LogP contribution in [0.1, 0.15) is 26.2 Å². The van der Waals surface area contributed by atoms with Crippen molar-refractivity contribution in [1.29, 1.82) is 0 Å². The Kier molecular flexibility index (Phi) is 3.78. The van der Waals surface area contributed by atoms with Gasteiger partial charge in [-0.3, -0.25) is 0 Å². The molecule has 0 bridgehead atoms. The first-order valence-corrected chi connectivity index (χ1v) is 7.56. The Morgan fingerprint density at radius 1 is 1.37 bits per heavy atom. The van der Waals surface area contributed by atoms with Crippen LogP contribution in [-0.2, 0) is 10.0 Å². The molecule has 1 unspecified atom stereocenters. The van der Waals surface area contributed by atoms with Crippen LogP contribution in [0.3, 0.4) is 0 Å². The number of benzene rings is 1. The third-order valence-corrected chi connectivity index (χ3v) is 5.06. The molecule has 1 aromatic carbocycles. The number of rotatable bonds is 4. The molecule has 1 aromatic rings. The smallest absolute Gasteiger partial charge is 0.243 e. The normalized spacial score (nSPS) is 18.1. The van der Waals surface area contributed by atoms with Crippen LogP contribution in [0.15, 0.2) is 17.0 Å². The molecule has 1 fully saturated rings. The van der Waals surface area contributed by atoms with Crippen molar-refractivity contribution in [3.63, 3.8) is 0 Å². The van der Waals surface area contributed by atoms with E-state index in [-0.39, 0.29) is 17.6 Å². The summed E-state index contributed by atoms with van der Waals surface area (Å²) in [7, 11) is -4.10. The van der Waals surface area contributed by atoms with E-state index in [1.807, 2.05) is 0 Å². The molecule has 0 amide bonds. The van der Waals surface area contributed by atoms with Gasteiger partial charge in [0.05, 0.1) is 0 Å². The second kappa shape index (κ2) is 5.05. The van der Waals surface area contributed by atoms with Crippen LogP contribution in [0.25, 0.3) is 0 Å². The zero-order valence-electron chi connectivity index (χ0n) is 10.5. The molecule has 4 nitrogen and oxygen atoms in total. The largest absolute Gasteiger partial charge is 0.399 e.